The van der Waals surface area contributed by atoms with E-state index >= 15 is 0 Å². The Hall–Kier alpha value is -1.30. The van der Waals surface area contributed by atoms with Gasteiger partial charge < -0.3 is 5.73 Å². The van der Waals surface area contributed by atoms with E-state index in [9.17, 15) is 0 Å². The molecule has 0 aliphatic carbocycles. The fourth-order valence-corrected chi connectivity index (χ4v) is 2.27. The van der Waals surface area contributed by atoms with Gasteiger partial charge in [-0.05, 0) is 36.6 Å². The Balaban J connectivity index is 1.94. The predicted octanol–water partition coefficient (Wildman–Crippen LogP) is 1.84. The Labute approximate surface area is 104 Å². The molecule has 1 aliphatic heterocycles. The fraction of sp³-hybridized carbons (Fsp3) is 0.467. The first-order valence-corrected chi connectivity index (χ1v) is 6.28. The lowest BCUT2D eigenvalue weighted by Crippen LogP contribution is -2.19. The summed E-state index contributed by atoms with van der Waals surface area (Å²) in [5.74, 6) is 6.77. The lowest BCUT2D eigenvalue weighted by Gasteiger charge is -2.15. The van der Waals surface area contributed by atoms with Gasteiger partial charge in [-0.25, -0.2) is 0 Å². The van der Waals surface area contributed by atoms with Gasteiger partial charge in [0.05, 0.1) is 6.54 Å². The van der Waals surface area contributed by atoms with Crippen molar-refractivity contribution in [2.75, 3.05) is 19.6 Å². The average molecular weight is 228 g/mol. The molecule has 17 heavy (non-hydrogen) atoms. The molecule has 90 valence electrons. The van der Waals surface area contributed by atoms with E-state index in [1.54, 1.807) is 0 Å². The van der Waals surface area contributed by atoms with Gasteiger partial charge in [-0.3, -0.25) is 4.90 Å². The molecule has 0 bridgehead atoms. The standard InChI is InChI=1S/C15H20N2/c1-13-8-10-17(11-13)12-15-6-4-14(5-7-15)3-2-9-16/h4-7,13H,8-12,16H2,1H3. The predicted molar refractivity (Wildman–Crippen MR) is 71.4 cm³/mol. The van der Waals surface area contributed by atoms with Crippen LogP contribution in [0.15, 0.2) is 24.3 Å². The van der Waals surface area contributed by atoms with Gasteiger partial charge in [-0.15, -0.1) is 0 Å². The summed E-state index contributed by atoms with van der Waals surface area (Å²) in [6, 6.07) is 8.50. The third-order valence-electron chi connectivity index (χ3n) is 3.20. The van der Waals surface area contributed by atoms with Crippen molar-refractivity contribution in [2.45, 2.75) is 19.9 Å². The average Bonchev–Trinajstić information content (AvgIpc) is 2.74. The smallest absolute Gasteiger partial charge is 0.0555 e. The van der Waals surface area contributed by atoms with Gasteiger partial charge in [0.25, 0.3) is 0 Å². The summed E-state index contributed by atoms with van der Waals surface area (Å²) in [6.07, 6.45) is 1.33. The maximum Gasteiger partial charge on any atom is 0.0555 e. The lowest BCUT2D eigenvalue weighted by molar-refractivity contribution is 0.320. The summed E-state index contributed by atoms with van der Waals surface area (Å²) in [5.41, 5.74) is 7.77. The number of nitrogens with zero attached hydrogens (tertiary/aromatic N) is 1. The zero-order valence-corrected chi connectivity index (χ0v) is 10.4. The third-order valence-corrected chi connectivity index (χ3v) is 3.20. The maximum atomic E-state index is 5.35. The molecule has 2 heteroatoms. The molecule has 0 amide bonds. The van der Waals surface area contributed by atoms with Gasteiger partial charge in [-0.1, -0.05) is 30.9 Å². The first-order valence-electron chi connectivity index (χ1n) is 6.28. The number of likely N-dealkylation sites (tertiary alicyclic amines) is 1. The van der Waals surface area contributed by atoms with Crippen molar-refractivity contribution in [1.29, 1.82) is 0 Å². The van der Waals surface area contributed by atoms with E-state index in [0.717, 1.165) is 18.0 Å². The molecule has 1 atom stereocenters. The van der Waals surface area contributed by atoms with E-state index in [1.807, 2.05) is 0 Å². The third kappa shape index (κ3) is 3.59. The second kappa shape index (κ2) is 5.86. The molecule has 0 radical (unpaired) electrons. The van der Waals surface area contributed by atoms with Crippen LogP contribution in [0.3, 0.4) is 0 Å². The van der Waals surface area contributed by atoms with Crippen LogP contribution >= 0.6 is 0 Å². The van der Waals surface area contributed by atoms with Crippen LogP contribution in [-0.2, 0) is 6.54 Å². The number of benzene rings is 1. The normalized spacial score (nSPS) is 20.0. The molecule has 1 saturated heterocycles. The molecule has 1 fully saturated rings. The van der Waals surface area contributed by atoms with Gasteiger partial charge in [0.15, 0.2) is 0 Å². The van der Waals surface area contributed by atoms with Gasteiger partial charge >= 0.3 is 0 Å². The van der Waals surface area contributed by atoms with Crippen LogP contribution < -0.4 is 5.73 Å². The molecule has 1 aromatic carbocycles. The molecule has 0 aromatic heterocycles. The van der Waals surface area contributed by atoms with Crippen molar-refractivity contribution in [3.63, 3.8) is 0 Å². The van der Waals surface area contributed by atoms with Crippen LogP contribution in [0.4, 0.5) is 0 Å². The second-order valence-electron chi connectivity index (χ2n) is 4.83. The molecule has 1 heterocycles. The van der Waals surface area contributed by atoms with Crippen molar-refractivity contribution in [3.05, 3.63) is 35.4 Å². The Kier molecular flexibility index (Phi) is 4.19. The van der Waals surface area contributed by atoms with Crippen LogP contribution in [-0.4, -0.2) is 24.5 Å². The summed E-state index contributed by atoms with van der Waals surface area (Å²) < 4.78 is 0. The minimum Gasteiger partial charge on any atom is -0.320 e. The lowest BCUT2D eigenvalue weighted by atomic mass is 10.1. The van der Waals surface area contributed by atoms with E-state index < -0.39 is 0 Å². The highest BCUT2D eigenvalue weighted by Crippen LogP contribution is 2.17. The number of nitrogens with two attached hydrogens (primary N) is 1. The topological polar surface area (TPSA) is 29.3 Å². The molecule has 2 rings (SSSR count). The second-order valence-corrected chi connectivity index (χ2v) is 4.83. The zero-order valence-electron chi connectivity index (χ0n) is 10.4. The number of rotatable bonds is 2. The summed E-state index contributed by atoms with van der Waals surface area (Å²) in [6.45, 7) is 6.28. The van der Waals surface area contributed by atoms with Crippen LogP contribution in [0, 0.1) is 17.8 Å². The van der Waals surface area contributed by atoms with Crippen LogP contribution in [0.25, 0.3) is 0 Å². The summed E-state index contributed by atoms with van der Waals surface area (Å²) >= 11 is 0. The van der Waals surface area contributed by atoms with E-state index in [4.69, 9.17) is 5.73 Å². The van der Waals surface area contributed by atoms with E-state index in [2.05, 4.69) is 47.9 Å². The Morgan fingerprint density at radius 1 is 1.35 bits per heavy atom. The number of hydrogen-bond acceptors (Lipinski definition) is 2. The largest absolute Gasteiger partial charge is 0.320 e. The Morgan fingerprint density at radius 3 is 2.71 bits per heavy atom. The summed E-state index contributed by atoms with van der Waals surface area (Å²) in [4.78, 5) is 2.52. The van der Waals surface area contributed by atoms with Crippen molar-refractivity contribution < 1.29 is 0 Å². The summed E-state index contributed by atoms with van der Waals surface area (Å²) in [5, 5.41) is 0. The van der Waals surface area contributed by atoms with Crippen LogP contribution in [0.5, 0.6) is 0 Å². The van der Waals surface area contributed by atoms with Crippen LogP contribution in [0.1, 0.15) is 24.5 Å². The first kappa shape index (κ1) is 12.2. The van der Waals surface area contributed by atoms with Crippen molar-refractivity contribution >= 4 is 0 Å². The highest BCUT2D eigenvalue weighted by molar-refractivity contribution is 5.36. The highest BCUT2D eigenvalue weighted by Gasteiger charge is 2.18. The molecule has 1 unspecified atom stereocenters. The fourth-order valence-electron chi connectivity index (χ4n) is 2.27. The molecule has 0 spiro atoms. The molecule has 0 saturated carbocycles. The SMILES string of the molecule is CC1CCN(Cc2ccc(C#CCN)cc2)C1. The van der Waals surface area contributed by atoms with Gasteiger partial charge in [0, 0.05) is 18.7 Å². The minimum atomic E-state index is 0.424. The van der Waals surface area contributed by atoms with Crippen molar-refractivity contribution in [2.24, 2.45) is 11.7 Å². The van der Waals surface area contributed by atoms with Gasteiger partial charge in [-0.2, -0.15) is 0 Å². The van der Waals surface area contributed by atoms with Crippen LogP contribution in [0.2, 0.25) is 0 Å². The van der Waals surface area contributed by atoms with Gasteiger partial charge in [0.1, 0.15) is 0 Å². The van der Waals surface area contributed by atoms with Crippen molar-refractivity contribution in [3.8, 4) is 11.8 Å². The van der Waals surface area contributed by atoms with E-state index in [0.29, 0.717) is 6.54 Å². The molecular formula is C15H20N2. The van der Waals surface area contributed by atoms with Crippen molar-refractivity contribution in [1.82, 2.24) is 4.90 Å². The molecule has 1 aromatic rings. The van der Waals surface area contributed by atoms with E-state index in [1.165, 1.54) is 25.1 Å². The summed E-state index contributed by atoms with van der Waals surface area (Å²) in [7, 11) is 0. The molecule has 2 nitrogen and oxygen atoms in total. The minimum absolute atomic E-state index is 0.424. The first-order chi connectivity index (χ1) is 8.28. The molecule has 1 aliphatic rings. The Bertz CT molecular complexity index is 411. The number of hydrogen-bond donors (Lipinski definition) is 1. The monoisotopic (exact) mass is 228 g/mol. The van der Waals surface area contributed by atoms with Gasteiger partial charge in [0.2, 0.25) is 0 Å². The Morgan fingerprint density at radius 2 is 2.12 bits per heavy atom. The molecule has 2 N–H and O–H groups in total. The molecular weight excluding hydrogens is 208 g/mol. The maximum absolute atomic E-state index is 5.35. The highest BCUT2D eigenvalue weighted by atomic mass is 15.1. The quantitative estimate of drug-likeness (QED) is 0.783. The zero-order chi connectivity index (χ0) is 12.1. The van der Waals surface area contributed by atoms with E-state index in [-0.39, 0.29) is 0 Å².